The monoisotopic (exact) mass is 325 g/mol. The van der Waals surface area contributed by atoms with E-state index in [0.29, 0.717) is 12.6 Å². The summed E-state index contributed by atoms with van der Waals surface area (Å²) in [5.74, 6) is 0. The summed E-state index contributed by atoms with van der Waals surface area (Å²) < 4.78 is 1.12. The van der Waals surface area contributed by atoms with E-state index in [1.807, 2.05) is 0 Å². The molecule has 1 aliphatic rings. The largest absolute Gasteiger partial charge is 0.329 e. The van der Waals surface area contributed by atoms with Gasteiger partial charge in [0.1, 0.15) is 0 Å². The van der Waals surface area contributed by atoms with Crippen molar-refractivity contribution in [3.63, 3.8) is 0 Å². The average Bonchev–Trinajstić information content (AvgIpc) is 2.90. The molecule has 1 aromatic carbocycles. The van der Waals surface area contributed by atoms with E-state index >= 15 is 0 Å². The Hall–Kier alpha value is -0.420. The quantitative estimate of drug-likeness (QED) is 0.872. The van der Waals surface area contributed by atoms with E-state index < -0.39 is 0 Å². The third-order valence-electron chi connectivity index (χ3n) is 3.96. The van der Waals surface area contributed by atoms with E-state index in [1.165, 1.54) is 31.5 Å². The summed E-state index contributed by atoms with van der Waals surface area (Å²) in [6.07, 6.45) is 2.71. The Labute approximate surface area is 124 Å². The normalized spacial score (nSPS) is 18.1. The van der Waals surface area contributed by atoms with E-state index in [4.69, 9.17) is 5.73 Å². The lowest BCUT2D eigenvalue weighted by atomic mass is 10.1. The third kappa shape index (κ3) is 4.28. The maximum Gasteiger partial charge on any atom is 0.0468 e. The number of nitrogens with zero attached hydrogens (tertiary/aromatic N) is 2. The van der Waals surface area contributed by atoms with Crippen LogP contribution in [0.3, 0.4) is 0 Å². The number of nitrogens with two attached hydrogens (primary N) is 1. The number of halogens is 1. The van der Waals surface area contributed by atoms with Crippen LogP contribution in [0.5, 0.6) is 0 Å². The van der Waals surface area contributed by atoms with Crippen molar-refractivity contribution in [1.29, 1.82) is 0 Å². The summed E-state index contributed by atoms with van der Waals surface area (Å²) >= 11 is 3.53. The van der Waals surface area contributed by atoms with Gasteiger partial charge in [-0.2, -0.15) is 0 Å². The highest BCUT2D eigenvalue weighted by molar-refractivity contribution is 9.10. The van der Waals surface area contributed by atoms with Crippen molar-refractivity contribution < 1.29 is 0 Å². The summed E-state index contributed by atoms with van der Waals surface area (Å²) in [4.78, 5) is 4.92. The van der Waals surface area contributed by atoms with Gasteiger partial charge in [0.2, 0.25) is 0 Å². The minimum atomic E-state index is 0.306. The minimum Gasteiger partial charge on any atom is -0.329 e. The second-order valence-electron chi connectivity index (χ2n) is 5.34. The highest BCUT2D eigenvalue weighted by Gasteiger charge is 2.17. The molecule has 1 atom stereocenters. The van der Waals surface area contributed by atoms with Crippen LogP contribution in [0.4, 0.5) is 0 Å². The lowest BCUT2D eigenvalue weighted by molar-refractivity contribution is 0.209. The summed E-state index contributed by atoms with van der Waals surface area (Å²) in [7, 11) is 2.18. The fraction of sp³-hybridized carbons (Fsp3) is 0.600. The van der Waals surface area contributed by atoms with E-state index in [-0.39, 0.29) is 0 Å². The Morgan fingerprint density at radius 1 is 1.37 bits per heavy atom. The number of hydrogen-bond donors (Lipinski definition) is 1. The number of rotatable bonds is 6. The molecule has 0 radical (unpaired) electrons. The molecule has 1 fully saturated rings. The first-order chi connectivity index (χ1) is 9.20. The number of likely N-dealkylation sites (tertiary alicyclic amines) is 1. The molecule has 0 aliphatic carbocycles. The molecule has 3 nitrogen and oxygen atoms in total. The first kappa shape index (κ1) is 15.0. The standard InChI is InChI=1S/C15H24BrN3/c1-18(9-10-19-7-2-3-8-19)15(12-17)13-5-4-6-14(16)11-13/h4-6,11,15H,2-3,7-10,12,17H2,1H3. The second-order valence-corrected chi connectivity index (χ2v) is 6.25. The van der Waals surface area contributed by atoms with Crippen molar-refractivity contribution in [2.45, 2.75) is 18.9 Å². The number of hydrogen-bond acceptors (Lipinski definition) is 3. The van der Waals surface area contributed by atoms with Gasteiger partial charge in [-0.25, -0.2) is 0 Å². The molecule has 0 amide bonds. The van der Waals surface area contributed by atoms with Crippen LogP contribution in [0.25, 0.3) is 0 Å². The molecule has 1 unspecified atom stereocenters. The van der Waals surface area contributed by atoms with Crippen molar-refractivity contribution in [2.24, 2.45) is 5.73 Å². The Morgan fingerprint density at radius 2 is 2.11 bits per heavy atom. The zero-order valence-electron chi connectivity index (χ0n) is 11.7. The van der Waals surface area contributed by atoms with Crippen LogP contribution in [0.1, 0.15) is 24.4 Å². The van der Waals surface area contributed by atoms with Crippen molar-refractivity contribution in [3.05, 3.63) is 34.3 Å². The van der Waals surface area contributed by atoms with Crippen molar-refractivity contribution >= 4 is 15.9 Å². The SMILES string of the molecule is CN(CCN1CCCC1)C(CN)c1cccc(Br)c1. The zero-order valence-corrected chi connectivity index (χ0v) is 13.3. The van der Waals surface area contributed by atoms with Crippen LogP contribution in [-0.2, 0) is 0 Å². The van der Waals surface area contributed by atoms with Gasteiger partial charge >= 0.3 is 0 Å². The average molecular weight is 326 g/mol. The molecule has 0 aromatic heterocycles. The van der Waals surface area contributed by atoms with E-state index in [1.54, 1.807) is 0 Å². The summed E-state index contributed by atoms with van der Waals surface area (Å²) in [6.45, 7) is 5.42. The first-order valence-electron chi connectivity index (χ1n) is 7.09. The maximum absolute atomic E-state index is 5.97. The minimum absolute atomic E-state index is 0.306. The van der Waals surface area contributed by atoms with Gasteiger partial charge in [0.05, 0.1) is 0 Å². The van der Waals surface area contributed by atoms with Gasteiger partial charge in [0.15, 0.2) is 0 Å². The van der Waals surface area contributed by atoms with Gasteiger partial charge in [0.25, 0.3) is 0 Å². The Bertz CT molecular complexity index is 391. The Balaban J connectivity index is 1.92. The molecule has 1 heterocycles. The maximum atomic E-state index is 5.97. The van der Waals surface area contributed by atoms with Crippen molar-refractivity contribution in [3.8, 4) is 0 Å². The van der Waals surface area contributed by atoms with Gasteiger partial charge in [-0.1, -0.05) is 28.1 Å². The molecule has 1 saturated heterocycles. The summed E-state index contributed by atoms with van der Waals surface area (Å²) in [5.41, 5.74) is 7.26. The number of benzene rings is 1. The molecule has 0 spiro atoms. The summed E-state index contributed by atoms with van der Waals surface area (Å²) in [6, 6.07) is 8.77. The lowest BCUT2D eigenvalue weighted by Gasteiger charge is -2.29. The zero-order chi connectivity index (χ0) is 13.7. The summed E-state index contributed by atoms with van der Waals surface area (Å²) in [5, 5.41) is 0. The van der Waals surface area contributed by atoms with Crippen LogP contribution in [0.2, 0.25) is 0 Å². The molecule has 1 aliphatic heterocycles. The highest BCUT2D eigenvalue weighted by atomic mass is 79.9. The van der Waals surface area contributed by atoms with Gasteiger partial charge in [0, 0.05) is 30.1 Å². The molecule has 19 heavy (non-hydrogen) atoms. The van der Waals surface area contributed by atoms with Gasteiger partial charge in [-0.15, -0.1) is 0 Å². The molecule has 0 bridgehead atoms. The van der Waals surface area contributed by atoms with Gasteiger partial charge in [-0.05, 0) is 50.7 Å². The predicted octanol–water partition coefficient (Wildman–Crippen LogP) is 2.48. The van der Waals surface area contributed by atoms with Crippen LogP contribution < -0.4 is 5.73 Å². The van der Waals surface area contributed by atoms with Crippen molar-refractivity contribution in [1.82, 2.24) is 9.80 Å². The molecule has 4 heteroatoms. The van der Waals surface area contributed by atoms with Crippen LogP contribution in [-0.4, -0.2) is 49.6 Å². The Morgan fingerprint density at radius 3 is 2.74 bits per heavy atom. The first-order valence-corrected chi connectivity index (χ1v) is 7.88. The molecular weight excluding hydrogens is 302 g/mol. The molecule has 0 saturated carbocycles. The van der Waals surface area contributed by atoms with Crippen LogP contribution in [0.15, 0.2) is 28.7 Å². The van der Waals surface area contributed by atoms with Gasteiger partial charge < -0.3 is 10.6 Å². The molecular formula is C15H24BrN3. The van der Waals surface area contributed by atoms with E-state index in [9.17, 15) is 0 Å². The highest BCUT2D eigenvalue weighted by Crippen LogP contribution is 2.22. The van der Waals surface area contributed by atoms with Crippen molar-refractivity contribution in [2.75, 3.05) is 39.8 Å². The Kier molecular flexibility index (Phi) is 5.82. The van der Waals surface area contributed by atoms with E-state index in [0.717, 1.165) is 17.6 Å². The molecule has 1 aromatic rings. The molecule has 2 rings (SSSR count). The van der Waals surface area contributed by atoms with E-state index in [2.05, 4.69) is 57.0 Å². The van der Waals surface area contributed by atoms with Crippen LogP contribution in [0, 0.1) is 0 Å². The smallest absolute Gasteiger partial charge is 0.0468 e. The molecule has 2 N–H and O–H groups in total. The fourth-order valence-electron chi connectivity index (χ4n) is 2.75. The van der Waals surface area contributed by atoms with Crippen LogP contribution >= 0.6 is 15.9 Å². The predicted molar refractivity (Wildman–Crippen MR) is 84.2 cm³/mol. The molecule has 106 valence electrons. The fourth-order valence-corrected chi connectivity index (χ4v) is 3.16. The second kappa shape index (κ2) is 7.39. The number of likely N-dealkylation sites (N-methyl/N-ethyl adjacent to an activating group) is 1. The third-order valence-corrected chi connectivity index (χ3v) is 4.45. The topological polar surface area (TPSA) is 32.5 Å². The van der Waals surface area contributed by atoms with Gasteiger partial charge in [-0.3, -0.25) is 4.90 Å². The lowest BCUT2D eigenvalue weighted by Crippen LogP contribution is -2.36.